The largest absolute Gasteiger partial charge is 0.346 e. The second-order valence-electron chi connectivity index (χ2n) is 3.85. The molecule has 1 unspecified atom stereocenters. The molecule has 10 heteroatoms. The number of H-pyrrole nitrogens is 3. The van der Waals surface area contributed by atoms with Crippen molar-refractivity contribution in [3.8, 4) is 0 Å². The second kappa shape index (κ2) is 5.25. The molecule has 100 valence electrons. The quantitative estimate of drug-likeness (QED) is 0.502. The summed E-state index contributed by atoms with van der Waals surface area (Å²) in [4.78, 5) is 38.2. The van der Waals surface area contributed by atoms with E-state index < -0.39 is 17.3 Å². The summed E-state index contributed by atoms with van der Waals surface area (Å²) in [5.74, 6) is -0.0358. The summed E-state index contributed by atoms with van der Waals surface area (Å²) in [6.45, 7) is 1.68. The summed E-state index contributed by atoms with van der Waals surface area (Å²) in [5.41, 5.74) is -0.981. The highest BCUT2D eigenvalue weighted by atomic mass is 16.2. The minimum Gasteiger partial charge on any atom is -0.346 e. The standard InChI is InChI=1S/C9H11N7O3/c1-4(8-13-15-16-14-8)10-6(17)2-5-3-7(18)12-9(19)11-5/h3-4H,2H2,1H3,(H,10,17)(H2,11,12,18,19)(H,13,14,15,16). The van der Waals surface area contributed by atoms with Gasteiger partial charge in [0.2, 0.25) is 5.91 Å². The van der Waals surface area contributed by atoms with E-state index in [-0.39, 0.29) is 18.0 Å². The number of carbonyl (C=O) groups is 1. The lowest BCUT2D eigenvalue weighted by Crippen LogP contribution is -2.31. The van der Waals surface area contributed by atoms with E-state index >= 15 is 0 Å². The number of hydrogen-bond acceptors (Lipinski definition) is 6. The molecule has 0 radical (unpaired) electrons. The summed E-state index contributed by atoms with van der Waals surface area (Å²) in [6.07, 6.45) is -0.124. The van der Waals surface area contributed by atoms with E-state index in [2.05, 4.69) is 30.9 Å². The first-order chi connectivity index (χ1) is 9.04. The highest BCUT2D eigenvalue weighted by Crippen LogP contribution is 2.03. The molecule has 4 N–H and O–H groups in total. The van der Waals surface area contributed by atoms with E-state index in [9.17, 15) is 14.4 Å². The number of carbonyl (C=O) groups excluding carboxylic acids is 1. The van der Waals surface area contributed by atoms with Crippen LogP contribution in [0, 0.1) is 0 Å². The van der Waals surface area contributed by atoms with Crippen molar-refractivity contribution in [2.24, 2.45) is 0 Å². The zero-order valence-electron chi connectivity index (χ0n) is 9.93. The Kier molecular flexibility index (Phi) is 3.50. The smallest absolute Gasteiger partial charge is 0.325 e. The van der Waals surface area contributed by atoms with Crippen LogP contribution in [-0.4, -0.2) is 36.5 Å². The number of aromatic amines is 3. The molecule has 0 aromatic carbocycles. The molecule has 10 nitrogen and oxygen atoms in total. The minimum absolute atomic E-state index is 0.124. The van der Waals surface area contributed by atoms with Crippen LogP contribution in [0.3, 0.4) is 0 Å². The molecule has 0 aliphatic rings. The van der Waals surface area contributed by atoms with E-state index in [1.165, 1.54) is 0 Å². The van der Waals surface area contributed by atoms with Crippen LogP contribution in [0.25, 0.3) is 0 Å². The fourth-order valence-corrected chi connectivity index (χ4v) is 1.50. The van der Waals surface area contributed by atoms with Crippen LogP contribution in [0.5, 0.6) is 0 Å². The summed E-state index contributed by atoms with van der Waals surface area (Å²) in [5, 5.41) is 15.7. The van der Waals surface area contributed by atoms with Crippen LogP contribution in [0.2, 0.25) is 0 Å². The molecule has 0 fully saturated rings. The molecule has 2 aromatic heterocycles. The molecule has 0 saturated carbocycles. The van der Waals surface area contributed by atoms with Crippen LogP contribution >= 0.6 is 0 Å². The van der Waals surface area contributed by atoms with Gasteiger partial charge in [-0.1, -0.05) is 5.21 Å². The highest BCUT2D eigenvalue weighted by molar-refractivity contribution is 5.78. The van der Waals surface area contributed by atoms with Gasteiger partial charge in [-0.25, -0.2) is 4.79 Å². The Balaban J connectivity index is 2.01. The van der Waals surface area contributed by atoms with Crippen molar-refractivity contribution in [3.63, 3.8) is 0 Å². The van der Waals surface area contributed by atoms with Crippen LogP contribution < -0.4 is 16.6 Å². The van der Waals surface area contributed by atoms with Crippen LogP contribution in [-0.2, 0) is 11.2 Å². The first kappa shape index (κ1) is 12.7. The predicted molar refractivity (Wildman–Crippen MR) is 62.1 cm³/mol. The van der Waals surface area contributed by atoms with Crippen LogP contribution in [0.15, 0.2) is 15.7 Å². The maximum absolute atomic E-state index is 11.7. The Bertz CT molecular complexity index is 643. The van der Waals surface area contributed by atoms with Crippen LogP contribution in [0.4, 0.5) is 0 Å². The molecule has 2 aromatic rings. The molecular weight excluding hydrogens is 254 g/mol. The molecule has 1 amide bonds. The van der Waals surface area contributed by atoms with E-state index in [1.807, 2.05) is 4.98 Å². The average molecular weight is 265 g/mol. The zero-order valence-corrected chi connectivity index (χ0v) is 9.93. The lowest BCUT2D eigenvalue weighted by molar-refractivity contribution is -0.121. The molecule has 0 aliphatic heterocycles. The zero-order chi connectivity index (χ0) is 13.8. The van der Waals surface area contributed by atoms with Gasteiger partial charge in [-0.2, -0.15) is 5.21 Å². The molecular formula is C9H11N7O3. The molecule has 19 heavy (non-hydrogen) atoms. The summed E-state index contributed by atoms with van der Waals surface area (Å²) in [6, 6.07) is 0.722. The van der Waals surface area contributed by atoms with Crippen molar-refractivity contribution in [1.82, 2.24) is 35.9 Å². The van der Waals surface area contributed by atoms with E-state index in [4.69, 9.17) is 0 Å². The Morgan fingerprint density at radius 3 is 2.84 bits per heavy atom. The number of amides is 1. The number of nitrogens with one attached hydrogen (secondary N) is 4. The van der Waals surface area contributed by atoms with E-state index in [1.54, 1.807) is 6.92 Å². The third kappa shape index (κ3) is 3.34. The maximum Gasteiger partial charge on any atom is 0.325 e. The molecule has 0 aliphatic carbocycles. The molecule has 0 saturated heterocycles. The third-order valence-corrected chi connectivity index (χ3v) is 2.29. The average Bonchev–Trinajstić information content (AvgIpc) is 2.80. The summed E-state index contributed by atoms with van der Waals surface area (Å²) >= 11 is 0. The van der Waals surface area contributed by atoms with Gasteiger partial charge < -0.3 is 10.3 Å². The molecule has 1 atom stereocenters. The Labute approximate surface area is 105 Å². The Morgan fingerprint density at radius 2 is 2.21 bits per heavy atom. The van der Waals surface area contributed by atoms with Gasteiger partial charge in [-0.05, 0) is 6.92 Å². The number of nitrogens with zero attached hydrogens (tertiary/aromatic N) is 3. The SMILES string of the molecule is CC(NC(=O)Cc1cc(=O)[nH]c(=O)[nH]1)c1nn[nH]n1. The number of rotatable bonds is 4. The number of aromatic nitrogens is 6. The van der Waals surface area contributed by atoms with Gasteiger partial charge in [-0.15, -0.1) is 10.2 Å². The Morgan fingerprint density at radius 1 is 1.42 bits per heavy atom. The predicted octanol–water partition coefficient (Wildman–Crippen LogP) is -2.00. The third-order valence-electron chi connectivity index (χ3n) is 2.29. The fourth-order valence-electron chi connectivity index (χ4n) is 1.50. The van der Waals surface area contributed by atoms with Crippen molar-refractivity contribution in [3.05, 3.63) is 38.4 Å². The van der Waals surface area contributed by atoms with Gasteiger partial charge in [0, 0.05) is 11.8 Å². The first-order valence-electron chi connectivity index (χ1n) is 5.40. The highest BCUT2D eigenvalue weighted by Gasteiger charge is 2.14. The van der Waals surface area contributed by atoms with Crippen molar-refractivity contribution < 1.29 is 4.79 Å². The van der Waals surface area contributed by atoms with Crippen molar-refractivity contribution in [2.45, 2.75) is 19.4 Å². The van der Waals surface area contributed by atoms with Gasteiger partial charge in [-0.3, -0.25) is 14.6 Å². The van der Waals surface area contributed by atoms with Gasteiger partial charge in [0.05, 0.1) is 12.5 Å². The monoisotopic (exact) mass is 265 g/mol. The van der Waals surface area contributed by atoms with Crippen molar-refractivity contribution >= 4 is 5.91 Å². The maximum atomic E-state index is 11.7. The van der Waals surface area contributed by atoms with Gasteiger partial charge in [0.25, 0.3) is 5.56 Å². The lowest BCUT2D eigenvalue weighted by atomic mass is 10.2. The van der Waals surface area contributed by atoms with Crippen molar-refractivity contribution in [2.75, 3.05) is 0 Å². The van der Waals surface area contributed by atoms with Crippen LogP contribution in [0.1, 0.15) is 24.5 Å². The topological polar surface area (TPSA) is 149 Å². The summed E-state index contributed by atoms with van der Waals surface area (Å²) in [7, 11) is 0. The first-order valence-corrected chi connectivity index (χ1v) is 5.40. The number of tetrazole rings is 1. The van der Waals surface area contributed by atoms with E-state index in [0.29, 0.717) is 5.82 Å². The molecule has 2 rings (SSSR count). The minimum atomic E-state index is -0.651. The second-order valence-corrected chi connectivity index (χ2v) is 3.85. The number of hydrogen-bond donors (Lipinski definition) is 4. The Hall–Kier alpha value is -2.78. The lowest BCUT2D eigenvalue weighted by Gasteiger charge is -2.09. The van der Waals surface area contributed by atoms with Gasteiger partial charge in [0.15, 0.2) is 5.82 Å². The van der Waals surface area contributed by atoms with Gasteiger partial charge in [0.1, 0.15) is 0 Å². The molecule has 0 bridgehead atoms. The fraction of sp³-hybridized carbons (Fsp3) is 0.333. The normalized spacial score (nSPS) is 12.1. The molecule has 2 heterocycles. The molecule has 0 spiro atoms. The summed E-state index contributed by atoms with van der Waals surface area (Å²) < 4.78 is 0. The van der Waals surface area contributed by atoms with Crippen molar-refractivity contribution in [1.29, 1.82) is 0 Å². The van der Waals surface area contributed by atoms with Gasteiger partial charge >= 0.3 is 5.69 Å². The van der Waals surface area contributed by atoms with E-state index in [0.717, 1.165) is 6.07 Å².